The lowest BCUT2D eigenvalue weighted by molar-refractivity contribution is 0.00578. The van der Waals surface area contributed by atoms with Gasteiger partial charge in [-0.25, -0.2) is 0 Å². The minimum Gasteiger partial charge on any atom is -0.400 e. The Hall–Kier alpha value is -1.13. The van der Waals surface area contributed by atoms with Gasteiger partial charge in [-0.05, 0) is 58.2 Å². The molecule has 0 radical (unpaired) electrons. The topological polar surface area (TPSA) is 31.4 Å². The van der Waals surface area contributed by atoms with Crippen molar-refractivity contribution in [2.45, 2.75) is 65.6 Å². The molecule has 3 nitrogen and oxygen atoms in total. The number of hydrogen-bond acceptors (Lipinski definition) is 3. The third-order valence-electron chi connectivity index (χ3n) is 4.40. The van der Waals surface area contributed by atoms with Crippen LogP contribution in [0, 0.1) is 0 Å². The molecule has 0 aliphatic carbocycles. The smallest absolute Gasteiger partial charge is 0.400 e. The molecule has 1 saturated heterocycles. The molecule has 0 unspecified atom stereocenters. The lowest BCUT2D eigenvalue weighted by atomic mass is 9.89. The van der Waals surface area contributed by atoms with Gasteiger partial charge in [0.2, 0.25) is 0 Å². The fourth-order valence-electron chi connectivity index (χ4n) is 2.29. The number of aromatic nitrogens is 1. The van der Waals surface area contributed by atoms with Crippen LogP contribution in [0.3, 0.4) is 0 Å². The molecule has 4 heteroatoms. The van der Waals surface area contributed by atoms with E-state index in [0.717, 1.165) is 29.8 Å². The fraction of sp³-hybridized carbons (Fsp3) is 0.588. The van der Waals surface area contributed by atoms with Crippen LogP contribution in [0.1, 0.15) is 58.5 Å². The van der Waals surface area contributed by atoms with Crippen molar-refractivity contribution in [2.24, 2.45) is 0 Å². The van der Waals surface area contributed by atoms with Gasteiger partial charge in [0, 0.05) is 11.4 Å². The highest BCUT2D eigenvalue weighted by atomic mass is 16.7. The number of hydrogen-bond donors (Lipinski definition) is 0. The highest BCUT2D eigenvalue weighted by molar-refractivity contribution is 6.52. The average Bonchev–Trinajstić information content (AvgIpc) is 2.64. The van der Waals surface area contributed by atoms with Crippen LogP contribution in [0.15, 0.2) is 18.1 Å². The van der Waals surface area contributed by atoms with Crippen molar-refractivity contribution in [2.75, 3.05) is 0 Å². The van der Waals surface area contributed by atoms with Gasteiger partial charge in [0.25, 0.3) is 0 Å². The molecule has 2 heterocycles. The SMILES string of the molecule is CCc1cc(/C=C/B2OC(C)(C)C(C)(C)O2)cc(CC)n1. The number of nitrogens with zero attached hydrogens (tertiary/aromatic N) is 1. The van der Waals surface area contributed by atoms with Gasteiger partial charge in [0.15, 0.2) is 0 Å². The van der Waals surface area contributed by atoms with Crippen molar-refractivity contribution in [1.82, 2.24) is 4.98 Å². The van der Waals surface area contributed by atoms with Crippen molar-refractivity contribution >= 4 is 13.2 Å². The summed E-state index contributed by atoms with van der Waals surface area (Å²) in [7, 11) is -0.293. The van der Waals surface area contributed by atoms with E-state index in [4.69, 9.17) is 9.31 Å². The molecule has 1 aliphatic rings. The first kappa shape index (κ1) is 16.2. The van der Waals surface area contributed by atoms with Gasteiger partial charge in [0.1, 0.15) is 0 Å². The molecule has 0 saturated carbocycles. The van der Waals surface area contributed by atoms with Crippen LogP contribution in [0.5, 0.6) is 0 Å². The second kappa shape index (κ2) is 5.94. The Bertz CT molecular complexity index is 499. The molecule has 0 atom stereocenters. The summed E-state index contributed by atoms with van der Waals surface area (Å²) in [5.41, 5.74) is 2.84. The van der Waals surface area contributed by atoms with E-state index in [1.165, 1.54) is 0 Å². The monoisotopic (exact) mass is 287 g/mol. The van der Waals surface area contributed by atoms with Crippen LogP contribution in [-0.4, -0.2) is 23.3 Å². The van der Waals surface area contributed by atoms with Gasteiger partial charge >= 0.3 is 7.12 Å². The maximum absolute atomic E-state index is 5.97. The Morgan fingerprint density at radius 3 is 1.90 bits per heavy atom. The quantitative estimate of drug-likeness (QED) is 0.788. The summed E-state index contributed by atoms with van der Waals surface area (Å²) in [6, 6.07) is 4.25. The summed E-state index contributed by atoms with van der Waals surface area (Å²) >= 11 is 0. The number of aryl methyl sites for hydroxylation is 2. The van der Waals surface area contributed by atoms with Crippen molar-refractivity contribution in [3.05, 3.63) is 35.1 Å². The van der Waals surface area contributed by atoms with Crippen LogP contribution in [0.4, 0.5) is 0 Å². The predicted octanol–water partition coefficient (Wildman–Crippen LogP) is 3.85. The highest BCUT2D eigenvalue weighted by Crippen LogP contribution is 2.37. The zero-order valence-electron chi connectivity index (χ0n) is 14.1. The third-order valence-corrected chi connectivity index (χ3v) is 4.40. The van der Waals surface area contributed by atoms with E-state index in [2.05, 4.69) is 64.7 Å². The van der Waals surface area contributed by atoms with Crippen LogP contribution in [0.25, 0.3) is 6.08 Å². The van der Waals surface area contributed by atoms with Gasteiger partial charge in [-0.15, -0.1) is 0 Å². The minimum absolute atomic E-state index is 0.288. The van der Waals surface area contributed by atoms with Gasteiger partial charge in [0.05, 0.1) is 11.2 Å². The summed E-state index contributed by atoms with van der Waals surface area (Å²) in [5, 5.41) is 0. The Morgan fingerprint density at radius 2 is 1.48 bits per heavy atom. The van der Waals surface area contributed by atoms with E-state index in [1.54, 1.807) is 0 Å². The highest BCUT2D eigenvalue weighted by Gasteiger charge is 2.49. The van der Waals surface area contributed by atoms with E-state index >= 15 is 0 Å². The maximum atomic E-state index is 5.97. The summed E-state index contributed by atoms with van der Waals surface area (Å²) < 4.78 is 11.9. The minimum atomic E-state index is -0.293. The molecule has 0 N–H and O–H groups in total. The van der Waals surface area contributed by atoms with Crippen molar-refractivity contribution in [3.8, 4) is 0 Å². The number of rotatable bonds is 4. The normalized spacial score (nSPS) is 20.4. The van der Waals surface area contributed by atoms with E-state index in [9.17, 15) is 0 Å². The molecule has 2 rings (SSSR count). The average molecular weight is 287 g/mol. The largest absolute Gasteiger partial charge is 0.487 e. The first-order valence-corrected chi connectivity index (χ1v) is 7.81. The lowest BCUT2D eigenvalue weighted by Gasteiger charge is -2.32. The van der Waals surface area contributed by atoms with Crippen LogP contribution in [-0.2, 0) is 22.2 Å². The van der Waals surface area contributed by atoms with E-state index in [0.29, 0.717) is 0 Å². The van der Waals surface area contributed by atoms with Gasteiger partial charge in [-0.1, -0.05) is 25.9 Å². The Kier molecular flexibility index (Phi) is 4.59. The Balaban J connectivity index is 2.15. The molecule has 0 amide bonds. The molecule has 0 spiro atoms. The molecule has 0 bridgehead atoms. The zero-order chi connectivity index (χ0) is 15.7. The molecule has 1 aliphatic heterocycles. The van der Waals surface area contributed by atoms with Gasteiger partial charge < -0.3 is 9.31 Å². The molecule has 0 aromatic carbocycles. The van der Waals surface area contributed by atoms with Crippen molar-refractivity contribution in [1.29, 1.82) is 0 Å². The van der Waals surface area contributed by atoms with Gasteiger partial charge in [-0.2, -0.15) is 0 Å². The first-order valence-electron chi connectivity index (χ1n) is 7.81. The van der Waals surface area contributed by atoms with Crippen molar-refractivity contribution < 1.29 is 9.31 Å². The van der Waals surface area contributed by atoms with Crippen LogP contribution in [0.2, 0.25) is 0 Å². The molecular weight excluding hydrogens is 261 g/mol. The summed E-state index contributed by atoms with van der Waals surface area (Å²) in [6.07, 6.45) is 3.97. The Labute approximate surface area is 128 Å². The Morgan fingerprint density at radius 1 is 1.00 bits per heavy atom. The maximum Gasteiger partial charge on any atom is 0.487 e. The molecule has 1 fully saturated rings. The van der Waals surface area contributed by atoms with Crippen LogP contribution >= 0.6 is 0 Å². The molecule has 114 valence electrons. The summed E-state index contributed by atoms with van der Waals surface area (Å²) in [5.74, 6) is 1.99. The molecule has 1 aromatic heterocycles. The molecule has 1 aromatic rings. The molecule has 21 heavy (non-hydrogen) atoms. The van der Waals surface area contributed by atoms with E-state index in [-0.39, 0.29) is 18.3 Å². The second-order valence-electron chi connectivity index (χ2n) is 6.57. The van der Waals surface area contributed by atoms with Gasteiger partial charge in [-0.3, -0.25) is 4.98 Å². The number of pyridine rings is 1. The second-order valence-corrected chi connectivity index (χ2v) is 6.57. The molecular formula is C17H26BNO2. The predicted molar refractivity (Wildman–Crippen MR) is 88.1 cm³/mol. The zero-order valence-corrected chi connectivity index (χ0v) is 14.1. The van der Waals surface area contributed by atoms with Crippen molar-refractivity contribution in [3.63, 3.8) is 0 Å². The third kappa shape index (κ3) is 3.56. The lowest BCUT2D eigenvalue weighted by Crippen LogP contribution is -2.41. The van der Waals surface area contributed by atoms with Crippen LogP contribution < -0.4 is 0 Å². The first-order chi connectivity index (χ1) is 9.77. The standard InChI is InChI=1S/C17H26BNO2/c1-7-14-11-13(12-15(8-2)19-14)9-10-18-20-16(3,4)17(5,6)21-18/h9-12H,7-8H2,1-6H3/b10-9+. The van der Waals surface area contributed by atoms with E-state index in [1.807, 2.05) is 5.98 Å². The summed E-state index contributed by atoms with van der Waals surface area (Å²) in [6.45, 7) is 12.5. The summed E-state index contributed by atoms with van der Waals surface area (Å²) in [4.78, 5) is 4.60. The fourth-order valence-corrected chi connectivity index (χ4v) is 2.29. The van der Waals surface area contributed by atoms with E-state index < -0.39 is 0 Å².